The number of hydrogen-bond acceptors (Lipinski definition) is 2. The number of carbonyl (C=O) groups is 2. The minimum absolute atomic E-state index is 0.000174. The summed E-state index contributed by atoms with van der Waals surface area (Å²) in [4.78, 5) is 25.3. The third kappa shape index (κ3) is 6.44. The molecule has 2 aromatic rings. The third-order valence-corrected chi connectivity index (χ3v) is 5.34. The molecule has 0 aromatic heterocycles. The fourth-order valence-electron chi connectivity index (χ4n) is 3.45. The maximum absolute atomic E-state index is 12.6. The van der Waals surface area contributed by atoms with Crippen LogP contribution in [0.2, 0.25) is 10.0 Å². The van der Waals surface area contributed by atoms with Gasteiger partial charge in [-0.25, -0.2) is 4.39 Å². The highest BCUT2D eigenvalue weighted by molar-refractivity contribution is 6.30. The normalized spacial score (nSPS) is 19.0. The first kappa shape index (κ1) is 23.2. The molecule has 0 bridgehead atoms. The number of carboxylic acids is 1. The minimum atomic E-state index is -0.915. The van der Waals surface area contributed by atoms with Crippen LogP contribution in [0.1, 0.15) is 44.7 Å². The number of hydrogen-bond donors (Lipinski definition) is 1. The first-order chi connectivity index (χ1) is 13.7. The van der Waals surface area contributed by atoms with Gasteiger partial charge < -0.3 is 10.0 Å². The molecule has 2 aromatic carbocycles. The Balaban J connectivity index is 0.000000313. The Kier molecular flexibility index (Phi) is 8.47. The van der Waals surface area contributed by atoms with E-state index in [0.717, 1.165) is 12.0 Å². The minimum Gasteiger partial charge on any atom is -0.481 e. The van der Waals surface area contributed by atoms with Gasteiger partial charge in [0, 0.05) is 17.0 Å². The van der Waals surface area contributed by atoms with Gasteiger partial charge in [0.2, 0.25) is 5.91 Å². The lowest BCUT2D eigenvalue weighted by Gasteiger charge is -2.42. The van der Waals surface area contributed by atoms with Gasteiger partial charge in [-0.2, -0.15) is 0 Å². The summed E-state index contributed by atoms with van der Waals surface area (Å²) in [5, 5.41) is 9.78. The molecular weight excluding hydrogens is 416 g/mol. The fourth-order valence-corrected chi connectivity index (χ4v) is 3.71. The molecule has 1 aliphatic heterocycles. The van der Waals surface area contributed by atoms with Crippen molar-refractivity contribution >= 4 is 35.1 Å². The van der Waals surface area contributed by atoms with E-state index in [2.05, 4.69) is 0 Å². The van der Waals surface area contributed by atoms with Crippen molar-refractivity contribution in [3.63, 3.8) is 0 Å². The highest BCUT2D eigenvalue weighted by atomic mass is 35.5. The van der Waals surface area contributed by atoms with E-state index in [0.29, 0.717) is 11.4 Å². The van der Waals surface area contributed by atoms with Crippen LogP contribution >= 0.6 is 23.2 Å². The molecule has 7 heteroatoms. The van der Waals surface area contributed by atoms with Crippen molar-refractivity contribution in [1.82, 2.24) is 4.90 Å². The number of piperidine rings is 1. The van der Waals surface area contributed by atoms with Crippen molar-refractivity contribution in [3.05, 3.63) is 70.0 Å². The zero-order chi connectivity index (χ0) is 21.6. The lowest BCUT2D eigenvalue weighted by molar-refractivity contribution is -0.150. The fraction of sp³-hybridized carbons (Fsp3) is 0.364. The Bertz CT molecular complexity index is 821. The second kappa shape index (κ2) is 10.6. The molecule has 1 amide bonds. The summed E-state index contributed by atoms with van der Waals surface area (Å²) in [5.41, 5.74) is 1.05. The number of benzene rings is 2. The van der Waals surface area contributed by atoms with Crippen LogP contribution in [0.3, 0.4) is 0 Å². The third-order valence-electron chi connectivity index (χ3n) is 4.78. The Morgan fingerprint density at radius 3 is 2.24 bits per heavy atom. The van der Waals surface area contributed by atoms with Gasteiger partial charge in [0.15, 0.2) is 0 Å². The van der Waals surface area contributed by atoms with Gasteiger partial charge in [0.25, 0.3) is 0 Å². The van der Waals surface area contributed by atoms with Gasteiger partial charge in [-0.1, -0.05) is 47.5 Å². The molecule has 1 aliphatic rings. The van der Waals surface area contributed by atoms with Gasteiger partial charge in [-0.05, 0) is 56.5 Å². The monoisotopic (exact) mass is 439 g/mol. The molecule has 156 valence electrons. The van der Waals surface area contributed by atoms with E-state index in [-0.39, 0.29) is 35.3 Å². The maximum atomic E-state index is 12.6. The Morgan fingerprint density at radius 2 is 1.76 bits per heavy atom. The van der Waals surface area contributed by atoms with Crippen LogP contribution in [0.15, 0.2) is 48.5 Å². The van der Waals surface area contributed by atoms with Crippen LogP contribution in [0, 0.1) is 11.7 Å². The first-order valence-electron chi connectivity index (χ1n) is 9.40. The second-order valence-electron chi connectivity index (χ2n) is 7.19. The van der Waals surface area contributed by atoms with Crippen molar-refractivity contribution in [2.75, 3.05) is 0 Å². The topological polar surface area (TPSA) is 57.6 Å². The molecule has 0 aliphatic carbocycles. The molecule has 1 fully saturated rings. The predicted molar refractivity (Wildman–Crippen MR) is 113 cm³/mol. The largest absolute Gasteiger partial charge is 0.481 e. The van der Waals surface area contributed by atoms with Crippen molar-refractivity contribution in [3.8, 4) is 0 Å². The molecule has 4 nitrogen and oxygen atoms in total. The Hall–Kier alpha value is -2.11. The van der Waals surface area contributed by atoms with Gasteiger partial charge in [0.1, 0.15) is 5.82 Å². The molecule has 1 saturated heterocycles. The quantitative estimate of drug-likeness (QED) is 0.636. The van der Waals surface area contributed by atoms with Gasteiger partial charge in [-0.15, -0.1) is 0 Å². The molecule has 0 radical (unpaired) electrons. The second-order valence-corrected chi connectivity index (χ2v) is 8.04. The summed E-state index contributed by atoms with van der Waals surface area (Å²) in [6, 6.07) is 13.7. The number of carbonyl (C=O) groups excluding carboxylic acids is 1. The van der Waals surface area contributed by atoms with Gasteiger partial charge in [0.05, 0.1) is 17.5 Å². The van der Waals surface area contributed by atoms with Gasteiger partial charge >= 0.3 is 5.97 Å². The average molecular weight is 440 g/mol. The molecular formula is C22H24Cl2FNO3. The number of amides is 1. The summed E-state index contributed by atoms with van der Waals surface area (Å²) >= 11 is 11.2. The van der Waals surface area contributed by atoms with Crippen LogP contribution in [0.25, 0.3) is 0 Å². The van der Waals surface area contributed by atoms with E-state index in [4.69, 9.17) is 28.3 Å². The van der Waals surface area contributed by atoms with E-state index in [1.165, 1.54) is 12.1 Å². The summed E-state index contributed by atoms with van der Waals surface area (Å²) in [5.74, 6) is -1.75. The highest BCUT2D eigenvalue weighted by Gasteiger charge is 2.38. The number of likely N-dealkylation sites (tertiary alicyclic amines) is 1. The number of nitrogens with zero attached hydrogens (tertiary/aromatic N) is 1. The van der Waals surface area contributed by atoms with Crippen molar-refractivity contribution < 1.29 is 19.1 Å². The number of carboxylic acid groups (broad SMARTS) is 1. The summed E-state index contributed by atoms with van der Waals surface area (Å²) in [7, 11) is 0. The predicted octanol–water partition coefficient (Wildman–Crippen LogP) is 5.98. The highest BCUT2D eigenvalue weighted by Crippen LogP contribution is 2.37. The smallest absolute Gasteiger partial charge is 0.304 e. The van der Waals surface area contributed by atoms with Crippen molar-refractivity contribution in [2.45, 2.75) is 45.2 Å². The average Bonchev–Trinajstić information content (AvgIpc) is 2.66. The number of aliphatic carboxylic acids is 1. The van der Waals surface area contributed by atoms with Crippen LogP contribution < -0.4 is 0 Å². The lowest BCUT2D eigenvalue weighted by atomic mass is 9.85. The zero-order valence-corrected chi connectivity index (χ0v) is 17.8. The van der Waals surface area contributed by atoms with E-state index < -0.39 is 11.9 Å². The number of halogens is 3. The molecule has 0 saturated carbocycles. The van der Waals surface area contributed by atoms with Crippen LogP contribution in [0.4, 0.5) is 4.39 Å². The molecule has 3 rings (SSSR count). The molecule has 1 N–H and O–H groups in total. The molecule has 1 heterocycles. The molecule has 29 heavy (non-hydrogen) atoms. The van der Waals surface area contributed by atoms with Crippen molar-refractivity contribution in [1.29, 1.82) is 0 Å². The van der Waals surface area contributed by atoms with Crippen LogP contribution in [-0.4, -0.2) is 27.9 Å². The first-order valence-corrected chi connectivity index (χ1v) is 10.2. The van der Waals surface area contributed by atoms with Crippen molar-refractivity contribution in [2.24, 2.45) is 5.92 Å². The summed E-state index contributed by atoms with van der Waals surface area (Å²) < 4.78 is 12.2. The molecule has 2 unspecified atom stereocenters. The van der Waals surface area contributed by atoms with E-state index >= 15 is 0 Å². The SMILES string of the molecule is CC(C)N1C(=O)C(CC(=O)O)CCC1c1ccc(Cl)cc1.Fc1ccccc1Cl. The number of rotatable bonds is 4. The van der Waals surface area contributed by atoms with Crippen LogP contribution in [-0.2, 0) is 9.59 Å². The van der Waals surface area contributed by atoms with E-state index in [1.54, 1.807) is 12.1 Å². The maximum Gasteiger partial charge on any atom is 0.304 e. The van der Waals surface area contributed by atoms with E-state index in [9.17, 15) is 14.0 Å². The summed E-state index contributed by atoms with van der Waals surface area (Å²) in [6.07, 6.45) is 1.31. The lowest BCUT2D eigenvalue weighted by Crippen LogP contribution is -2.47. The van der Waals surface area contributed by atoms with E-state index in [1.807, 2.05) is 43.0 Å². The molecule has 2 atom stereocenters. The Morgan fingerprint density at radius 1 is 1.14 bits per heavy atom. The van der Waals surface area contributed by atoms with Crippen LogP contribution in [0.5, 0.6) is 0 Å². The Labute approximate surface area is 180 Å². The zero-order valence-electron chi connectivity index (χ0n) is 16.3. The van der Waals surface area contributed by atoms with Gasteiger partial charge in [-0.3, -0.25) is 9.59 Å². The standard InChI is InChI=1S/C16H20ClNO3.C6H4ClF/c1-10(2)18-14(11-3-6-13(17)7-4-11)8-5-12(16(18)21)9-15(19)20;7-5-3-1-2-4-6(5)8/h3-4,6-7,10,12,14H,5,8-9H2,1-2H3,(H,19,20);1-4H. The molecule has 0 spiro atoms. The summed E-state index contributed by atoms with van der Waals surface area (Å²) in [6.45, 7) is 3.92.